The molecule has 0 aromatic heterocycles. The normalized spacial score (nSPS) is 24.4. The molecule has 0 amide bonds. The molecule has 4 heteroatoms. The van der Waals surface area contributed by atoms with Crippen molar-refractivity contribution < 1.29 is 19.8 Å². The molecular formula is C22H36O4. The van der Waals surface area contributed by atoms with Crippen LogP contribution < -0.4 is 0 Å². The summed E-state index contributed by atoms with van der Waals surface area (Å²) in [6.45, 7) is 6.28. The van der Waals surface area contributed by atoms with Crippen molar-refractivity contribution in [1.29, 1.82) is 0 Å². The molecule has 26 heavy (non-hydrogen) atoms. The molecule has 1 saturated carbocycles. The predicted molar refractivity (Wildman–Crippen MR) is 105 cm³/mol. The summed E-state index contributed by atoms with van der Waals surface area (Å²) in [7, 11) is 0. The highest BCUT2D eigenvalue weighted by Gasteiger charge is 2.35. The molecule has 0 saturated heterocycles. The Morgan fingerprint density at radius 3 is 2.69 bits per heavy atom. The third-order valence-corrected chi connectivity index (χ3v) is 5.49. The maximum absolute atomic E-state index is 12.3. The largest absolute Gasteiger partial charge is 0.481 e. The minimum Gasteiger partial charge on any atom is -0.481 e. The van der Waals surface area contributed by atoms with E-state index < -0.39 is 5.97 Å². The van der Waals surface area contributed by atoms with Crippen molar-refractivity contribution in [3.63, 3.8) is 0 Å². The van der Waals surface area contributed by atoms with E-state index in [0.29, 0.717) is 31.0 Å². The van der Waals surface area contributed by atoms with E-state index in [9.17, 15) is 14.7 Å². The molecule has 148 valence electrons. The lowest BCUT2D eigenvalue weighted by atomic mass is 9.83. The number of aliphatic carboxylic acids is 1. The van der Waals surface area contributed by atoms with Crippen LogP contribution in [0.4, 0.5) is 0 Å². The lowest BCUT2D eigenvalue weighted by Crippen LogP contribution is -2.21. The molecule has 0 heterocycles. The summed E-state index contributed by atoms with van der Waals surface area (Å²) in [6.07, 6.45) is 13.8. The van der Waals surface area contributed by atoms with Crippen molar-refractivity contribution in [2.45, 2.75) is 78.2 Å². The highest BCUT2D eigenvalue weighted by atomic mass is 16.4. The highest BCUT2D eigenvalue weighted by Crippen LogP contribution is 2.36. The monoisotopic (exact) mass is 364 g/mol. The number of aliphatic hydroxyl groups excluding tert-OH is 1. The fraction of sp³-hybridized carbons (Fsp3) is 0.727. The van der Waals surface area contributed by atoms with Gasteiger partial charge in [0.1, 0.15) is 5.78 Å². The van der Waals surface area contributed by atoms with Crippen molar-refractivity contribution >= 4 is 11.8 Å². The second-order valence-electron chi connectivity index (χ2n) is 7.77. The number of carboxylic acid groups (broad SMARTS) is 1. The van der Waals surface area contributed by atoms with Gasteiger partial charge in [-0.05, 0) is 49.9 Å². The Balaban J connectivity index is 2.52. The zero-order valence-corrected chi connectivity index (χ0v) is 16.6. The van der Waals surface area contributed by atoms with Crippen LogP contribution >= 0.6 is 0 Å². The summed E-state index contributed by atoms with van der Waals surface area (Å²) < 4.78 is 0. The maximum Gasteiger partial charge on any atom is 0.303 e. The van der Waals surface area contributed by atoms with Crippen molar-refractivity contribution in [1.82, 2.24) is 0 Å². The van der Waals surface area contributed by atoms with Gasteiger partial charge in [-0.25, -0.2) is 0 Å². The van der Waals surface area contributed by atoms with E-state index in [1.165, 1.54) is 0 Å². The van der Waals surface area contributed by atoms with E-state index in [-0.39, 0.29) is 30.3 Å². The number of hydrogen-bond donors (Lipinski definition) is 2. The minimum atomic E-state index is -0.766. The van der Waals surface area contributed by atoms with E-state index >= 15 is 0 Å². The van der Waals surface area contributed by atoms with Gasteiger partial charge in [-0.1, -0.05) is 51.5 Å². The van der Waals surface area contributed by atoms with E-state index in [1.807, 2.05) is 6.08 Å². The zero-order valence-electron chi connectivity index (χ0n) is 16.6. The number of carbonyl (C=O) groups is 2. The van der Waals surface area contributed by atoms with Gasteiger partial charge < -0.3 is 10.2 Å². The van der Waals surface area contributed by atoms with Crippen molar-refractivity contribution in [3.05, 3.63) is 24.3 Å². The molecule has 1 aliphatic carbocycles. The average molecular weight is 365 g/mol. The molecule has 0 radical (unpaired) electrons. The van der Waals surface area contributed by atoms with Crippen LogP contribution in [0.1, 0.15) is 72.1 Å². The van der Waals surface area contributed by atoms with Gasteiger partial charge in [-0.3, -0.25) is 9.59 Å². The summed E-state index contributed by atoms with van der Waals surface area (Å²) in [6, 6.07) is 0. The van der Waals surface area contributed by atoms with E-state index in [0.717, 1.165) is 25.7 Å². The Kier molecular flexibility index (Phi) is 10.5. The van der Waals surface area contributed by atoms with E-state index in [2.05, 4.69) is 39.0 Å². The molecule has 0 spiro atoms. The van der Waals surface area contributed by atoms with Gasteiger partial charge in [-0.2, -0.15) is 0 Å². The van der Waals surface area contributed by atoms with Gasteiger partial charge in [0.15, 0.2) is 0 Å². The van der Waals surface area contributed by atoms with Crippen LogP contribution in [0.15, 0.2) is 24.3 Å². The Labute approximate surface area is 158 Å². The molecule has 3 unspecified atom stereocenters. The number of rotatable bonds is 12. The summed E-state index contributed by atoms with van der Waals surface area (Å²) >= 11 is 0. The Hall–Kier alpha value is -1.42. The zero-order chi connectivity index (χ0) is 19.5. The first-order valence-corrected chi connectivity index (χ1v) is 10.1. The van der Waals surface area contributed by atoms with Crippen LogP contribution in [0.3, 0.4) is 0 Å². The first-order chi connectivity index (χ1) is 12.4. The Morgan fingerprint density at radius 2 is 2.04 bits per heavy atom. The molecule has 2 N–H and O–H groups in total. The molecule has 0 aliphatic heterocycles. The predicted octanol–water partition coefficient (Wildman–Crippen LogP) is 4.77. The number of ketones is 1. The summed E-state index contributed by atoms with van der Waals surface area (Å²) in [5.74, 6) is 0.272. The van der Waals surface area contributed by atoms with Crippen molar-refractivity contribution in [3.8, 4) is 0 Å². The summed E-state index contributed by atoms with van der Waals surface area (Å²) in [5, 5.41) is 18.8. The highest BCUT2D eigenvalue weighted by molar-refractivity contribution is 5.84. The molecule has 1 fully saturated rings. The first-order valence-electron chi connectivity index (χ1n) is 10.1. The van der Waals surface area contributed by atoms with Crippen molar-refractivity contribution in [2.75, 3.05) is 0 Å². The van der Waals surface area contributed by atoms with Crippen LogP contribution in [0, 0.1) is 23.7 Å². The topological polar surface area (TPSA) is 74.6 Å². The van der Waals surface area contributed by atoms with Crippen LogP contribution in [0.2, 0.25) is 0 Å². The first kappa shape index (κ1) is 22.6. The van der Waals surface area contributed by atoms with Crippen LogP contribution in [0.25, 0.3) is 0 Å². The van der Waals surface area contributed by atoms with E-state index in [4.69, 9.17) is 5.11 Å². The molecule has 1 rings (SSSR count). The number of Topliss-reactive ketones (excluding diaryl/α,β-unsaturated/α-hetero) is 1. The fourth-order valence-electron chi connectivity index (χ4n) is 3.87. The number of carbonyl (C=O) groups excluding carboxylic acids is 1. The molecule has 0 bridgehead atoms. The van der Waals surface area contributed by atoms with Gasteiger partial charge in [0.2, 0.25) is 0 Å². The van der Waals surface area contributed by atoms with Gasteiger partial charge >= 0.3 is 5.97 Å². The van der Waals surface area contributed by atoms with Crippen LogP contribution in [0.5, 0.6) is 0 Å². The number of hydrogen-bond acceptors (Lipinski definition) is 3. The Bertz CT molecular complexity index is 494. The number of allylic oxidation sites excluding steroid dienone is 3. The third-order valence-electron chi connectivity index (χ3n) is 5.49. The van der Waals surface area contributed by atoms with Gasteiger partial charge in [0.25, 0.3) is 0 Å². The molecule has 4 nitrogen and oxygen atoms in total. The van der Waals surface area contributed by atoms with Gasteiger partial charge in [0.05, 0.1) is 6.10 Å². The quantitative estimate of drug-likeness (QED) is 0.386. The Morgan fingerprint density at radius 1 is 1.31 bits per heavy atom. The SMILES string of the molecule is CCCC(C)C(O)CC=C[C@H]1CCC(=O)[C@@H]1C(C)C=CCCCC(=O)O. The fourth-order valence-corrected chi connectivity index (χ4v) is 3.87. The van der Waals surface area contributed by atoms with Gasteiger partial charge in [-0.15, -0.1) is 0 Å². The molecule has 0 aromatic rings. The standard InChI is InChI=1S/C22H36O4/c1-4-9-16(2)19(23)12-8-11-18-14-15-20(24)22(18)17(3)10-6-5-7-13-21(25)26/h6,8,10-11,16-19,22-23H,4-5,7,9,12-15H2,1-3H3,(H,25,26)/t16?,17?,18-,19?,22+/m0/s1. The molecule has 0 aromatic carbocycles. The summed E-state index contributed by atoms with van der Waals surface area (Å²) in [5.41, 5.74) is 0. The van der Waals surface area contributed by atoms with Crippen molar-refractivity contribution in [2.24, 2.45) is 23.7 Å². The number of aliphatic hydroxyl groups is 1. The second-order valence-corrected chi connectivity index (χ2v) is 7.77. The van der Waals surface area contributed by atoms with Crippen LogP contribution in [-0.2, 0) is 9.59 Å². The number of unbranched alkanes of at least 4 members (excludes halogenated alkanes) is 1. The van der Waals surface area contributed by atoms with Gasteiger partial charge in [0, 0.05) is 18.8 Å². The molecule has 5 atom stereocenters. The smallest absolute Gasteiger partial charge is 0.303 e. The lowest BCUT2D eigenvalue weighted by molar-refractivity contribution is -0.137. The maximum atomic E-state index is 12.3. The average Bonchev–Trinajstić information content (AvgIpc) is 2.95. The third kappa shape index (κ3) is 7.86. The minimum absolute atomic E-state index is 0.00665. The molecule has 1 aliphatic rings. The second kappa shape index (κ2) is 12.1. The summed E-state index contributed by atoms with van der Waals surface area (Å²) in [4.78, 5) is 22.8. The number of carboxylic acids is 1. The van der Waals surface area contributed by atoms with E-state index in [1.54, 1.807) is 0 Å². The van der Waals surface area contributed by atoms with Crippen LogP contribution in [-0.4, -0.2) is 28.1 Å². The lowest BCUT2D eigenvalue weighted by Gasteiger charge is -2.20. The molecular weight excluding hydrogens is 328 g/mol.